The van der Waals surface area contributed by atoms with Crippen molar-refractivity contribution in [1.29, 1.82) is 0 Å². The number of H-pyrrole nitrogens is 1. The molecule has 0 bridgehead atoms. The van der Waals surface area contributed by atoms with Crippen LogP contribution in [0.4, 0.5) is 10.5 Å². The smallest absolute Gasteiger partial charge is 0.322 e. The second-order valence-electron chi connectivity index (χ2n) is 7.21. The SMILES string of the molecule is Cc1nc(Cc2ccc(NC(=O)N3CCCCC[C@H]3c3ccco3)cc2)n[nH]1. The maximum atomic E-state index is 13.0. The number of likely N-dealkylation sites (tertiary alicyclic amines) is 1. The Morgan fingerprint density at radius 1 is 1.25 bits per heavy atom. The van der Waals surface area contributed by atoms with E-state index in [1.807, 2.05) is 48.2 Å². The fourth-order valence-corrected chi connectivity index (χ4v) is 3.68. The highest BCUT2D eigenvalue weighted by atomic mass is 16.3. The summed E-state index contributed by atoms with van der Waals surface area (Å²) in [6, 6.07) is 11.6. The van der Waals surface area contributed by atoms with Crippen molar-refractivity contribution in [2.24, 2.45) is 0 Å². The number of aryl methyl sites for hydroxylation is 1. The molecule has 0 unspecified atom stereocenters. The Bertz CT molecular complexity index is 901. The van der Waals surface area contributed by atoms with Crippen LogP contribution in [0.2, 0.25) is 0 Å². The highest BCUT2D eigenvalue weighted by Gasteiger charge is 2.28. The number of nitrogens with zero attached hydrogens (tertiary/aromatic N) is 3. The molecule has 3 heterocycles. The first-order chi connectivity index (χ1) is 13.7. The van der Waals surface area contributed by atoms with Crippen molar-refractivity contribution in [3.8, 4) is 0 Å². The monoisotopic (exact) mass is 379 g/mol. The van der Waals surface area contributed by atoms with Gasteiger partial charge in [-0.3, -0.25) is 5.10 Å². The van der Waals surface area contributed by atoms with Gasteiger partial charge in [0, 0.05) is 18.7 Å². The van der Waals surface area contributed by atoms with Gasteiger partial charge in [-0.15, -0.1) is 0 Å². The van der Waals surface area contributed by atoms with E-state index in [1.54, 1.807) is 6.26 Å². The van der Waals surface area contributed by atoms with E-state index in [0.717, 1.165) is 60.9 Å². The van der Waals surface area contributed by atoms with Gasteiger partial charge < -0.3 is 14.6 Å². The third-order valence-electron chi connectivity index (χ3n) is 5.10. The zero-order valence-electron chi connectivity index (χ0n) is 16.0. The number of carbonyl (C=O) groups excluding carboxylic acids is 1. The normalized spacial score (nSPS) is 17.3. The summed E-state index contributed by atoms with van der Waals surface area (Å²) in [5.74, 6) is 2.43. The van der Waals surface area contributed by atoms with Crippen LogP contribution >= 0.6 is 0 Å². The van der Waals surface area contributed by atoms with E-state index in [4.69, 9.17) is 4.42 Å². The zero-order chi connectivity index (χ0) is 19.3. The molecule has 2 N–H and O–H groups in total. The zero-order valence-corrected chi connectivity index (χ0v) is 16.0. The number of anilines is 1. The largest absolute Gasteiger partial charge is 0.467 e. The van der Waals surface area contributed by atoms with Crippen LogP contribution in [-0.4, -0.2) is 32.7 Å². The van der Waals surface area contributed by atoms with Crippen LogP contribution in [0.5, 0.6) is 0 Å². The van der Waals surface area contributed by atoms with E-state index >= 15 is 0 Å². The van der Waals surface area contributed by atoms with Crippen LogP contribution in [0.25, 0.3) is 0 Å². The van der Waals surface area contributed by atoms with Gasteiger partial charge in [-0.2, -0.15) is 5.10 Å². The van der Waals surface area contributed by atoms with Gasteiger partial charge in [0.25, 0.3) is 0 Å². The van der Waals surface area contributed by atoms with Crippen molar-refractivity contribution < 1.29 is 9.21 Å². The van der Waals surface area contributed by atoms with Crippen molar-refractivity contribution in [3.05, 3.63) is 65.6 Å². The number of amides is 2. The van der Waals surface area contributed by atoms with Crippen LogP contribution in [0.15, 0.2) is 47.1 Å². The van der Waals surface area contributed by atoms with Gasteiger partial charge in [0.2, 0.25) is 0 Å². The molecule has 2 aromatic heterocycles. The minimum Gasteiger partial charge on any atom is -0.467 e. The first-order valence-corrected chi connectivity index (χ1v) is 9.77. The lowest BCUT2D eigenvalue weighted by Gasteiger charge is -2.28. The molecule has 1 atom stereocenters. The minimum atomic E-state index is -0.0827. The molecule has 0 radical (unpaired) electrons. The summed E-state index contributed by atoms with van der Waals surface area (Å²) in [5.41, 5.74) is 1.88. The number of aromatic amines is 1. The molecule has 1 saturated heterocycles. The van der Waals surface area contributed by atoms with E-state index in [-0.39, 0.29) is 12.1 Å². The van der Waals surface area contributed by atoms with E-state index in [9.17, 15) is 4.79 Å². The average Bonchev–Trinajstić information content (AvgIpc) is 3.30. The first-order valence-electron chi connectivity index (χ1n) is 9.77. The van der Waals surface area contributed by atoms with Gasteiger partial charge >= 0.3 is 6.03 Å². The molecule has 0 aliphatic carbocycles. The predicted octanol–water partition coefficient (Wildman–Crippen LogP) is 4.45. The molecule has 146 valence electrons. The molecular weight excluding hydrogens is 354 g/mol. The number of nitrogens with one attached hydrogen (secondary N) is 2. The number of hydrogen-bond donors (Lipinski definition) is 2. The average molecular weight is 379 g/mol. The highest BCUT2D eigenvalue weighted by molar-refractivity contribution is 5.89. The Labute approximate surface area is 164 Å². The number of carbonyl (C=O) groups is 1. The molecule has 0 spiro atoms. The Morgan fingerprint density at radius 2 is 2.11 bits per heavy atom. The Hall–Kier alpha value is -3.09. The van der Waals surface area contributed by atoms with Gasteiger partial charge in [-0.1, -0.05) is 25.0 Å². The molecule has 4 rings (SSSR count). The Kier molecular flexibility index (Phi) is 5.41. The van der Waals surface area contributed by atoms with Crippen LogP contribution in [0, 0.1) is 6.92 Å². The molecule has 7 nitrogen and oxygen atoms in total. The number of urea groups is 1. The van der Waals surface area contributed by atoms with Crippen LogP contribution in [0.3, 0.4) is 0 Å². The van der Waals surface area contributed by atoms with Crippen LogP contribution in [-0.2, 0) is 6.42 Å². The molecule has 3 aromatic rings. The topological polar surface area (TPSA) is 87.1 Å². The minimum absolute atomic E-state index is 0.00856. The van der Waals surface area contributed by atoms with Gasteiger partial charge in [0.1, 0.15) is 11.6 Å². The molecule has 1 aromatic carbocycles. The number of furan rings is 1. The molecular formula is C21H25N5O2. The summed E-state index contributed by atoms with van der Waals surface area (Å²) in [6.45, 7) is 2.62. The molecule has 2 amide bonds. The molecule has 28 heavy (non-hydrogen) atoms. The lowest BCUT2D eigenvalue weighted by atomic mass is 10.1. The molecule has 0 saturated carbocycles. The van der Waals surface area contributed by atoms with E-state index in [2.05, 4.69) is 20.5 Å². The molecule has 1 aliphatic rings. The Morgan fingerprint density at radius 3 is 2.82 bits per heavy atom. The summed E-state index contributed by atoms with van der Waals surface area (Å²) in [6.07, 6.45) is 6.51. The fraction of sp³-hybridized carbons (Fsp3) is 0.381. The van der Waals surface area contributed by atoms with Gasteiger partial charge in [-0.25, -0.2) is 9.78 Å². The van der Waals surface area contributed by atoms with Gasteiger partial charge in [0.05, 0.1) is 12.3 Å². The third-order valence-corrected chi connectivity index (χ3v) is 5.10. The van der Waals surface area contributed by atoms with Gasteiger partial charge in [0.15, 0.2) is 5.82 Å². The van der Waals surface area contributed by atoms with Crippen LogP contribution in [0.1, 0.15) is 54.7 Å². The van der Waals surface area contributed by atoms with Crippen molar-refractivity contribution in [2.75, 3.05) is 11.9 Å². The van der Waals surface area contributed by atoms with Crippen molar-refractivity contribution in [3.63, 3.8) is 0 Å². The van der Waals surface area contributed by atoms with E-state index < -0.39 is 0 Å². The Balaban J connectivity index is 1.43. The summed E-state index contributed by atoms with van der Waals surface area (Å²) in [7, 11) is 0. The summed E-state index contributed by atoms with van der Waals surface area (Å²) >= 11 is 0. The third kappa shape index (κ3) is 4.24. The number of rotatable bonds is 4. The van der Waals surface area contributed by atoms with Crippen molar-refractivity contribution in [2.45, 2.75) is 45.1 Å². The number of benzene rings is 1. The fourth-order valence-electron chi connectivity index (χ4n) is 3.68. The number of hydrogen-bond acceptors (Lipinski definition) is 4. The summed E-state index contributed by atoms with van der Waals surface area (Å²) < 4.78 is 5.60. The van der Waals surface area contributed by atoms with Gasteiger partial charge in [-0.05, 0) is 49.6 Å². The number of aromatic nitrogens is 3. The summed E-state index contributed by atoms with van der Waals surface area (Å²) in [5, 5.41) is 10.0. The van der Waals surface area contributed by atoms with Crippen LogP contribution < -0.4 is 5.32 Å². The molecule has 1 aliphatic heterocycles. The van der Waals surface area contributed by atoms with E-state index in [1.165, 1.54) is 0 Å². The lowest BCUT2D eigenvalue weighted by molar-refractivity contribution is 0.179. The molecule has 7 heteroatoms. The van der Waals surface area contributed by atoms with E-state index in [0.29, 0.717) is 6.42 Å². The van der Waals surface area contributed by atoms with Crippen molar-refractivity contribution >= 4 is 11.7 Å². The second kappa shape index (κ2) is 8.29. The first kappa shape index (κ1) is 18.3. The lowest BCUT2D eigenvalue weighted by Crippen LogP contribution is -2.37. The highest BCUT2D eigenvalue weighted by Crippen LogP contribution is 2.31. The summed E-state index contributed by atoms with van der Waals surface area (Å²) in [4.78, 5) is 19.2. The maximum absolute atomic E-state index is 13.0. The molecule has 1 fully saturated rings. The van der Waals surface area contributed by atoms with Crippen molar-refractivity contribution in [1.82, 2.24) is 20.1 Å². The predicted molar refractivity (Wildman–Crippen MR) is 106 cm³/mol. The second-order valence-corrected chi connectivity index (χ2v) is 7.21. The standard InChI is InChI=1S/C21H25N5O2/c1-15-22-20(25-24-15)14-16-8-10-17(11-9-16)23-21(27)26-12-4-2-3-6-18(26)19-7-5-13-28-19/h5,7-11,13,18H,2-4,6,12,14H2,1H3,(H,23,27)(H,22,24,25)/t18-/m0/s1. The maximum Gasteiger partial charge on any atom is 0.322 e. The quantitative estimate of drug-likeness (QED) is 0.701.